The van der Waals surface area contributed by atoms with Crippen molar-refractivity contribution in [2.45, 2.75) is 19.8 Å². The van der Waals surface area contributed by atoms with E-state index in [4.69, 9.17) is 16.6 Å². The van der Waals surface area contributed by atoms with E-state index in [1.54, 1.807) is 0 Å². The highest BCUT2D eigenvalue weighted by Gasteiger charge is 2.16. The molecule has 1 aliphatic rings. The van der Waals surface area contributed by atoms with Crippen LogP contribution in [0.15, 0.2) is 48.5 Å². The van der Waals surface area contributed by atoms with Gasteiger partial charge in [0.1, 0.15) is 5.82 Å². The SMILES string of the molecule is Cc1cc(N2CCN(C)CC2)nc2ccc(NC(=O)CCc3ccc(Cl)cc3)cc12. The number of hydrogen-bond donors (Lipinski definition) is 1. The number of anilines is 2. The summed E-state index contributed by atoms with van der Waals surface area (Å²) >= 11 is 5.91. The van der Waals surface area contributed by atoms with Gasteiger partial charge in [-0.25, -0.2) is 4.98 Å². The molecular formula is C24H27ClN4O. The molecule has 2 aromatic carbocycles. The number of benzene rings is 2. The lowest BCUT2D eigenvalue weighted by molar-refractivity contribution is -0.116. The molecule has 3 aromatic rings. The summed E-state index contributed by atoms with van der Waals surface area (Å²) in [6.07, 6.45) is 1.12. The second-order valence-electron chi connectivity index (χ2n) is 7.99. The molecule has 1 fully saturated rings. The van der Waals surface area contributed by atoms with E-state index in [2.05, 4.69) is 35.2 Å². The smallest absolute Gasteiger partial charge is 0.224 e. The number of pyridine rings is 1. The minimum atomic E-state index is 0.00367. The predicted octanol–water partition coefficient (Wildman–Crippen LogP) is 4.52. The average Bonchev–Trinajstić information content (AvgIpc) is 2.74. The zero-order chi connectivity index (χ0) is 21.1. The minimum absolute atomic E-state index is 0.00367. The van der Waals surface area contributed by atoms with Crippen LogP contribution in [-0.4, -0.2) is 49.0 Å². The molecule has 4 rings (SSSR count). The van der Waals surface area contributed by atoms with Gasteiger partial charge in [0, 0.05) is 48.7 Å². The number of carbonyl (C=O) groups is 1. The van der Waals surface area contributed by atoms with Crippen molar-refractivity contribution in [2.75, 3.05) is 43.4 Å². The zero-order valence-electron chi connectivity index (χ0n) is 17.5. The second kappa shape index (κ2) is 9.02. The maximum Gasteiger partial charge on any atom is 0.224 e. The van der Waals surface area contributed by atoms with Crippen LogP contribution in [0.2, 0.25) is 5.02 Å². The fourth-order valence-corrected chi connectivity index (χ4v) is 3.91. The summed E-state index contributed by atoms with van der Waals surface area (Å²) < 4.78 is 0. The summed E-state index contributed by atoms with van der Waals surface area (Å²) in [5.74, 6) is 1.04. The Bertz CT molecular complexity index is 1040. The van der Waals surface area contributed by atoms with E-state index < -0.39 is 0 Å². The van der Waals surface area contributed by atoms with Crippen LogP contribution in [0.5, 0.6) is 0 Å². The van der Waals surface area contributed by atoms with Crippen molar-refractivity contribution in [3.8, 4) is 0 Å². The summed E-state index contributed by atoms with van der Waals surface area (Å²) in [6, 6.07) is 15.7. The van der Waals surface area contributed by atoms with E-state index in [-0.39, 0.29) is 5.91 Å². The molecule has 1 N–H and O–H groups in total. The highest BCUT2D eigenvalue weighted by atomic mass is 35.5. The first-order chi connectivity index (χ1) is 14.5. The van der Waals surface area contributed by atoms with E-state index in [0.29, 0.717) is 17.9 Å². The molecule has 0 spiro atoms. The summed E-state index contributed by atoms with van der Waals surface area (Å²) in [5, 5.41) is 4.80. The normalized spacial score (nSPS) is 14.8. The van der Waals surface area contributed by atoms with Gasteiger partial charge in [-0.05, 0) is 67.9 Å². The molecule has 0 bridgehead atoms. The third-order valence-electron chi connectivity index (χ3n) is 5.67. The summed E-state index contributed by atoms with van der Waals surface area (Å²) in [7, 11) is 2.15. The number of fused-ring (bicyclic) bond motifs is 1. The van der Waals surface area contributed by atoms with Crippen LogP contribution in [-0.2, 0) is 11.2 Å². The number of hydrogen-bond acceptors (Lipinski definition) is 4. The maximum absolute atomic E-state index is 12.4. The van der Waals surface area contributed by atoms with Crippen LogP contribution in [0.3, 0.4) is 0 Å². The summed E-state index contributed by atoms with van der Waals surface area (Å²) in [6.45, 7) is 6.21. The van der Waals surface area contributed by atoms with Crippen molar-refractivity contribution in [1.82, 2.24) is 9.88 Å². The van der Waals surface area contributed by atoms with Crippen LogP contribution in [0.25, 0.3) is 10.9 Å². The average molecular weight is 423 g/mol. The van der Waals surface area contributed by atoms with E-state index in [9.17, 15) is 4.79 Å². The Labute approximate surface area is 182 Å². The minimum Gasteiger partial charge on any atom is -0.354 e. The first-order valence-corrected chi connectivity index (χ1v) is 10.7. The Morgan fingerprint density at radius 1 is 1.07 bits per heavy atom. The monoisotopic (exact) mass is 422 g/mol. The molecule has 0 aliphatic carbocycles. The Morgan fingerprint density at radius 3 is 2.53 bits per heavy atom. The van der Waals surface area contributed by atoms with E-state index in [0.717, 1.165) is 54.2 Å². The van der Waals surface area contributed by atoms with Gasteiger partial charge in [-0.15, -0.1) is 0 Å². The fraction of sp³-hybridized carbons (Fsp3) is 0.333. The second-order valence-corrected chi connectivity index (χ2v) is 8.43. The Morgan fingerprint density at radius 2 is 1.80 bits per heavy atom. The third kappa shape index (κ3) is 4.91. The number of nitrogens with one attached hydrogen (secondary N) is 1. The Balaban J connectivity index is 1.43. The number of piperazine rings is 1. The van der Waals surface area contributed by atoms with Gasteiger partial charge in [0.25, 0.3) is 0 Å². The van der Waals surface area contributed by atoms with Gasteiger partial charge >= 0.3 is 0 Å². The van der Waals surface area contributed by atoms with Gasteiger partial charge in [0.05, 0.1) is 5.52 Å². The Hall–Kier alpha value is -2.63. The molecule has 1 amide bonds. The number of aryl methyl sites for hydroxylation is 2. The molecule has 1 aromatic heterocycles. The standard InChI is InChI=1S/C24H27ClN4O/c1-17-15-23(29-13-11-28(2)12-14-29)27-22-9-8-20(16-21(17)22)26-24(30)10-5-18-3-6-19(25)7-4-18/h3-4,6-9,15-16H,5,10-14H2,1-2H3,(H,26,30). The lowest BCUT2D eigenvalue weighted by Crippen LogP contribution is -2.44. The van der Waals surface area contributed by atoms with Crippen molar-refractivity contribution in [2.24, 2.45) is 0 Å². The zero-order valence-corrected chi connectivity index (χ0v) is 18.2. The van der Waals surface area contributed by atoms with Crippen LogP contribution in [0, 0.1) is 6.92 Å². The molecular weight excluding hydrogens is 396 g/mol. The van der Waals surface area contributed by atoms with Crippen molar-refractivity contribution in [3.63, 3.8) is 0 Å². The number of likely N-dealkylation sites (N-methyl/N-ethyl adjacent to an activating group) is 1. The molecule has 30 heavy (non-hydrogen) atoms. The molecule has 156 valence electrons. The molecule has 0 radical (unpaired) electrons. The van der Waals surface area contributed by atoms with Crippen LogP contribution in [0.4, 0.5) is 11.5 Å². The first-order valence-electron chi connectivity index (χ1n) is 10.4. The molecule has 5 nitrogen and oxygen atoms in total. The van der Waals surface area contributed by atoms with Gasteiger partial charge in [-0.3, -0.25) is 4.79 Å². The number of aromatic nitrogens is 1. The van der Waals surface area contributed by atoms with Gasteiger partial charge < -0.3 is 15.1 Å². The number of halogens is 1. The number of carbonyl (C=O) groups excluding carboxylic acids is 1. The molecule has 0 unspecified atom stereocenters. The van der Waals surface area contributed by atoms with Gasteiger partial charge in [-0.1, -0.05) is 23.7 Å². The van der Waals surface area contributed by atoms with Crippen LogP contribution < -0.4 is 10.2 Å². The quantitative estimate of drug-likeness (QED) is 0.656. The maximum atomic E-state index is 12.4. The molecule has 6 heteroatoms. The van der Waals surface area contributed by atoms with E-state index in [1.807, 2.05) is 42.5 Å². The molecule has 0 saturated carbocycles. The lowest BCUT2D eigenvalue weighted by atomic mass is 10.1. The van der Waals surface area contributed by atoms with Crippen molar-refractivity contribution in [1.29, 1.82) is 0 Å². The number of amides is 1. The highest BCUT2D eigenvalue weighted by Crippen LogP contribution is 2.26. The Kier molecular flexibility index (Phi) is 6.21. The van der Waals surface area contributed by atoms with E-state index in [1.165, 1.54) is 5.56 Å². The van der Waals surface area contributed by atoms with Crippen molar-refractivity contribution in [3.05, 3.63) is 64.7 Å². The number of nitrogens with zero attached hydrogens (tertiary/aromatic N) is 3. The molecule has 0 atom stereocenters. The van der Waals surface area contributed by atoms with Crippen molar-refractivity contribution < 1.29 is 4.79 Å². The predicted molar refractivity (Wildman–Crippen MR) is 125 cm³/mol. The molecule has 1 saturated heterocycles. The summed E-state index contributed by atoms with van der Waals surface area (Å²) in [5.41, 5.74) is 4.04. The topological polar surface area (TPSA) is 48.5 Å². The summed E-state index contributed by atoms with van der Waals surface area (Å²) in [4.78, 5) is 22.0. The van der Waals surface area contributed by atoms with Crippen molar-refractivity contribution >= 4 is 39.9 Å². The van der Waals surface area contributed by atoms with Crippen LogP contribution in [0.1, 0.15) is 17.5 Å². The molecule has 1 aliphatic heterocycles. The van der Waals surface area contributed by atoms with Gasteiger partial charge in [0.15, 0.2) is 0 Å². The lowest BCUT2D eigenvalue weighted by Gasteiger charge is -2.33. The van der Waals surface area contributed by atoms with Crippen LogP contribution >= 0.6 is 11.6 Å². The number of rotatable bonds is 5. The fourth-order valence-electron chi connectivity index (χ4n) is 3.78. The van der Waals surface area contributed by atoms with Gasteiger partial charge in [-0.2, -0.15) is 0 Å². The van der Waals surface area contributed by atoms with E-state index >= 15 is 0 Å². The van der Waals surface area contributed by atoms with Gasteiger partial charge in [0.2, 0.25) is 5.91 Å². The molecule has 2 heterocycles. The highest BCUT2D eigenvalue weighted by molar-refractivity contribution is 6.30. The first kappa shape index (κ1) is 20.6. The largest absolute Gasteiger partial charge is 0.354 e. The third-order valence-corrected chi connectivity index (χ3v) is 5.92.